The van der Waals surface area contributed by atoms with Crippen LogP contribution in [0, 0.1) is 0 Å². The quantitative estimate of drug-likeness (QED) is 0.647. The highest BCUT2D eigenvalue weighted by Gasteiger charge is 2.12. The summed E-state index contributed by atoms with van der Waals surface area (Å²) in [4.78, 5) is 15.1. The van der Waals surface area contributed by atoms with Gasteiger partial charge in [0, 0.05) is 47.7 Å². The first-order chi connectivity index (χ1) is 11.5. The van der Waals surface area contributed by atoms with Gasteiger partial charge in [-0.25, -0.2) is 0 Å². The predicted octanol–water partition coefficient (Wildman–Crippen LogP) is 3.98. The number of aromatic nitrogens is 2. The lowest BCUT2D eigenvalue weighted by Crippen LogP contribution is -2.27. The summed E-state index contributed by atoms with van der Waals surface area (Å²) in [6, 6.07) is 11.9. The number of hydrogen-bond donors (Lipinski definition) is 0. The zero-order chi connectivity index (χ0) is 17.1. The molecule has 0 aliphatic heterocycles. The third kappa shape index (κ3) is 3.74. The molecule has 2 aromatic carbocycles. The maximum atomic E-state index is 12.4. The van der Waals surface area contributed by atoms with Crippen molar-refractivity contribution in [3.8, 4) is 0 Å². The van der Waals surface area contributed by atoms with Crippen LogP contribution < -0.4 is 0 Å². The molecule has 0 aliphatic rings. The van der Waals surface area contributed by atoms with Crippen LogP contribution in [0.2, 0.25) is 5.02 Å². The van der Waals surface area contributed by atoms with Crippen LogP contribution in [0.5, 0.6) is 0 Å². The van der Waals surface area contributed by atoms with Crippen LogP contribution in [0.3, 0.4) is 0 Å². The van der Waals surface area contributed by atoms with Gasteiger partial charge in [0.15, 0.2) is 0 Å². The average molecular weight is 360 g/mol. The first-order valence-corrected chi connectivity index (χ1v) is 8.92. The van der Waals surface area contributed by atoms with Crippen LogP contribution in [0.1, 0.15) is 5.56 Å². The minimum absolute atomic E-state index is 0.0768. The van der Waals surface area contributed by atoms with Crippen molar-refractivity contribution in [2.24, 2.45) is 7.05 Å². The molecule has 124 valence electrons. The Bertz CT molecular complexity index is 872. The maximum Gasteiger partial charge on any atom is 0.232 e. The second-order valence-corrected chi connectivity index (χ2v) is 7.08. The van der Waals surface area contributed by atoms with Gasteiger partial charge in [-0.1, -0.05) is 35.9 Å². The Kier molecular flexibility index (Phi) is 5.11. The summed E-state index contributed by atoms with van der Waals surface area (Å²) in [5, 5.41) is 6.94. The number of fused-ring (bicyclic) bond motifs is 1. The lowest BCUT2D eigenvalue weighted by molar-refractivity contribution is -0.127. The predicted molar refractivity (Wildman–Crippen MR) is 99.4 cm³/mol. The summed E-state index contributed by atoms with van der Waals surface area (Å²) in [7, 11) is 3.68. The fraction of sp³-hybridized carbons (Fsp3) is 0.222. The van der Waals surface area contributed by atoms with Crippen LogP contribution in [-0.4, -0.2) is 33.4 Å². The fourth-order valence-corrected chi connectivity index (χ4v) is 3.93. The second kappa shape index (κ2) is 7.28. The van der Waals surface area contributed by atoms with E-state index in [0.29, 0.717) is 17.3 Å². The molecule has 3 rings (SSSR count). The molecule has 24 heavy (non-hydrogen) atoms. The molecule has 0 N–H and O–H groups in total. The number of carbonyl (C=O) groups is 1. The SMILES string of the molecule is CN(Cc1cnn(C)c1)C(=O)CSc1cccc2cccc(Cl)c12. The van der Waals surface area contributed by atoms with E-state index < -0.39 is 0 Å². The number of hydrogen-bond acceptors (Lipinski definition) is 3. The summed E-state index contributed by atoms with van der Waals surface area (Å²) >= 11 is 7.85. The van der Waals surface area contributed by atoms with Crippen molar-refractivity contribution in [2.45, 2.75) is 11.4 Å². The molecule has 0 fully saturated rings. The van der Waals surface area contributed by atoms with Gasteiger partial charge in [0.2, 0.25) is 5.91 Å². The Morgan fingerprint density at radius 3 is 2.75 bits per heavy atom. The summed E-state index contributed by atoms with van der Waals surface area (Å²) in [6.45, 7) is 0.559. The molecule has 0 unspecified atom stereocenters. The monoisotopic (exact) mass is 359 g/mol. The Labute approximate surface area is 150 Å². The molecule has 1 amide bonds. The Morgan fingerprint density at radius 2 is 2.04 bits per heavy atom. The molecule has 0 saturated carbocycles. The molecular formula is C18H18ClN3OS. The van der Waals surface area contributed by atoms with Crippen LogP contribution in [0.25, 0.3) is 10.8 Å². The number of rotatable bonds is 5. The number of carbonyl (C=O) groups excluding carboxylic acids is 1. The normalized spacial score (nSPS) is 11.0. The van der Waals surface area contributed by atoms with Gasteiger partial charge in [0.25, 0.3) is 0 Å². The number of amides is 1. The van der Waals surface area contributed by atoms with Crippen LogP contribution in [-0.2, 0) is 18.4 Å². The highest BCUT2D eigenvalue weighted by Crippen LogP contribution is 2.33. The van der Waals surface area contributed by atoms with Gasteiger partial charge in [-0.15, -0.1) is 11.8 Å². The lowest BCUT2D eigenvalue weighted by Gasteiger charge is -2.16. The lowest BCUT2D eigenvalue weighted by atomic mass is 10.1. The van der Waals surface area contributed by atoms with E-state index in [9.17, 15) is 4.79 Å². The molecular weight excluding hydrogens is 342 g/mol. The number of nitrogens with zero attached hydrogens (tertiary/aromatic N) is 3. The van der Waals surface area contributed by atoms with Gasteiger partial charge in [-0.3, -0.25) is 9.48 Å². The Morgan fingerprint density at radius 1 is 1.29 bits per heavy atom. The third-order valence-corrected chi connectivity index (χ3v) is 5.13. The molecule has 0 saturated heterocycles. The summed E-state index contributed by atoms with van der Waals surface area (Å²) in [5.74, 6) is 0.453. The van der Waals surface area contributed by atoms with Crippen molar-refractivity contribution in [2.75, 3.05) is 12.8 Å². The summed E-state index contributed by atoms with van der Waals surface area (Å²) < 4.78 is 1.74. The molecule has 0 atom stereocenters. The largest absolute Gasteiger partial charge is 0.341 e. The van der Waals surface area contributed by atoms with E-state index in [2.05, 4.69) is 5.10 Å². The molecule has 3 aromatic rings. The third-order valence-electron chi connectivity index (χ3n) is 3.77. The molecule has 4 nitrogen and oxygen atoms in total. The van der Waals surface area contributed by atoms with E-state index in [1.807, 2.05) is 56.7 Å². The Balaban J connectivity index is 1.68. The van der Waals surface area contributed by atoms with Crippen LogP contribution in [0.4, 0.5) is 0 Å². The molecule has 1 heterocycles. The second-order valence-electron chi connectivity index (χ2n) is 5.65. The molecule has 0 bridgehead atoms. The van der Waals surface area contributed by atoms with Crippen molar-refractivity contribution in [3.05, 3.63) is 59.4 Å². The van der Waals surface area contributed by atoms with E-state index in [0.717, 1.165) is 21.2 Å². The average Bonchev–Trinajstić information content (AvgIpc) is 2.97. The smallest absolute Gasteiger partial charge is 0.232 e. The molecule has 1 aromatic heterocycles. The van der Waals surface area contributed by atoms with Crippen molar-refractivity contribution >= 4 is 40.0 Å². The maximum absolute atomic E-state index is 12.4. The van der Waals surface area contributed by atoms with Crippen molar-refractivity contribution in [1.82, 2.24) is 14.7 Å². The first kappa shape index (κ1) is 16.9. The van der Waals surface area contributed by atoms with E-state index in [1.165, 1.54) is 11.8 Å². The zero-order valence-corrected chi connectivity index (χ0v) is 15.1. The number of halogens is 1. The topological polar surface area (TPSA) is 38.1 Å². The number of benzene rings is 2. The van der Waals surface area contributed by atoms with Crippen molar-refractivity contribution < 1.29 is 4.79 Å². The first-order valence-electron chi connectivity index (χ1n) is 7.56. The van der Waals surface area contributed by atoms with Gasteiger partial charge in [-0.05, 0) is 17.5 Å². The highest BCUT2D eigenvalue weighted by atomic mass is 35.5. The molecule has 0 radical (unpaired) electrons. The van der Waals surface area contributed by atoms with Gasteiger partial charge < -0.3 is 4.90 Å². The highest BCUT2D eigenvalue weighted by molar-refractivity contribution is 8.00. The standard InChI is InChI=1S/C18H18ClN3OS/c1-21(10-13-9-20-22(2)11-13)17(23)12-24-16-8-4-6-14-5-3-7-15(19)18(14)16/h3-9,11H,10,12H2,1-2H3. The van der Waals surface area contributed by atoms with Crippen molar-refractivity contribution in [3.63, 3.8) is 0 Å². The molecule has 0 spiro atoms. The summed E-state index contributed by atoms with van der Waals surface area (Å²) in [5.41, 5.74) is 1.02. The Hall–Kier alpha value is -1.98. The summed E-state index contributed by atoms with van der Waals surface area (Å²) in [6.07, 6.45) is 3.70. The molecule has 0 aliphatic carbocycles. The molecule has 6 heteroatoms. The van der Waals surface area contributed by atoms with E-state index >= 15 is 0 Å². The minimum Gasteiger partial charge on any atom is -0.341 e. The van der Waals surface area contributed by atoms with E-state index in [-0.39, 0.29) is 5.91 Å². The van der Waals surface area contributed by atoms with Gasteiger partial charge >= 0.3 is 0 Å². The fourth-order valence-electron chi connectivity index (χ4n) is 2.55. The van der Waals surface area contributed by atoms with E-state index in [4.69, 9.17) is 11.6 Å². The van der Waals surface area contributed by atoms with Crippen LogP contribution in [0.15, 0.2) is 53.7 Å². The zero-order valence-electron chi connectivity index (χ0n) is 13.6. The number of thioether (sulfide) groups is 1. The van der Waals surface area contributed by atoms with Gasteiger partial charge in [0.05, 0.1) is 11.9 Å². The number of aryl methyl sites for hydroxylation is 1. The van der Waals surface area contributed by atoms with Gasteiger partial charge in [-0.2, -0.15) is 5.10 Å². The van der Waals surface area contributed by atoms with Crippen molar-refractivity contribution in [1.29, 1.82) is 0 Å². The minimum atomic E-state index is 0.0768. The van der Waals surface area contributed by atoms with Crippen LogP contribution >= 0.6 is 23.4 Å². The van der Waals surface area contributed by atoms with E-state index in [1.54, 1.807) is 15.8 Å². The van der Waals surface area contributed by atoms with Gasteiger partial charge in [0.1, 0.15) is 0 Å².